The first-order valence-electron chi connectivity index (χ1n) is 11.2. The van der Waals surface area contributed by atoms with Gasteiger partial charge in [-0.1, -0.05) is 38.1 Å². The van der Waals surface area contributed by atoms with Gasteiger partial charge in [-0.3, -0.25) is 4.57 Å². The number of rotatable bonds is 9. The van der Waals surface area contributed by atoms with Crippen LogP contribution >= 0.6 is 11.8 Å². The van der Waals surface area contributed by atoms with Gasteiger partial charge in [0.1, 0.15) is 24.2 Å². The summed E-state index contributed by atoms with van der Waals surface area (Å²) in [5.41, 5.74) is 3.71. The van der Waals surface area contributed by atoms with Crippen molar-refractivity contribution in [2.75, 3.05) is 13.2 Å². The standard InChI is InChI=1S/C25H36N2O2S/c1-18(2)24-25(30-23-15-19(3)14-20(4)16-23)27(21(5)26-24)17-28-12-13-29-22-10-8-6-7-9-11-22/h10,14-16,18H,6-9,11-13,17H2,1-5H3. The zero-order chi connectivity index (χ0) is 21.5. The highest BCUT2D eigenvalue weighted by Crippen LogP contribution is 2.35. The first kappa shape index (κ1) is 23.0. The topological polar surface area (TPSA) is 36.3 Å². The minimum atomic E-state index is 0.365. The number of hydrogen-bond acceptors (Lipinski definition) is 4. The molecule has 1 aromatic heterocycles. The molecule has 0 N–H and O–H groups in total. The van der Waals surface area contributed by atoms with Crippen LogP contribution in [0, 0.1) is 20.8 Å². The van der Waals surface area contributed by atoms with Gasteiger partial charge in [0.15, 0.2) is 0 Å². The van der Waals surface area contributed by atoms with Crippen LogP contribution in [0.4, 0.5) is 0 Å². The van der Waals surface area contributed by atoms with Gasteiger partial charge in [0.25, 0.3) is 0 Å². The van der Waals surface area contributed by atoms with Crippen molar-refractivity contribution in [1.82, 2.24) is 9.55 Å². The van der Waals surface area contributed by atoms with E-state index in [4.69, 9.17) is 14.5 Å². The van der Waals surface area contributed by atoms with E-state index in [0.29, 0.717) is 25.9 Å². The lowest BCUT2D eigenvalue weighted by Crippen LogP contribution is -2.10. The van der Waals surface area contributed by atoms with Crippen LogP contribution < -0.4 is 0 Å². The molecule has 3 rings (SSSR count). The highest BCUT2D eigenvalue weighted by molar-refractivity contribution is 7.99. The minimum absolute atomic E-state index is 0.365. The summed E-state index contributed by atoms with van der Waals surface area (Å²) < 4.78 is 14.1. The van der Waals surface area contributed by atoms with Crippen molar-refractivity contribution in [1.29, 1.82) is 0 Å². The van der Waals surface area contributed by atoms with Crippen molar-refractivity contribution in [3.8, 4) is 0 Å². The molecule has 30 heavy (non-hydrogen) atoms. The molecule has 1 heterocycles. The molecule has 4 nitrogen and oxygen atoms in total. The van der Waals surface area contributed by atoms with E-state index in [-0.39, 0.29) is 0 Å². The molecule has 1 aliphatic carbocycles. The maximum Gasteiger partial charge on any atom is 0.125 e. The third-order valence-electron chi connectivity index (χ3n) is 5.33. The highest BCUT2D eigenvalue weighted by atomic mass is 32.2. The number of aryl methyl sites for hydroxylation is 3. The zero-order valence-electron chi connectivity index (χ0n) is 19.2. The monoisotopic (exact) mass is 428 g/mol. The molecule has 1 aromatic carbocycles. The van der Waals surface area contributed by atoms with Crippen molar-refractivity contribution >= 4 is 11.8 Å². The average molecular weight is 429 g/mol. The van der Waals surface area contributed by atoms with E-state index in [2.05, 4.69) is 63.5 Å². The summed E-state index contributed by atoms with van der Waals surface area (Å²) in [7, 11) is 0. The van der Waals surface area contributed by atoms with Crippen molar-refractivity contribution in [3.05, 3.63) is 52.7 Å². The molecule has 0 amide bonds. The van der Waals surface area contributed by atoms with Crippen molar-refractivity contribution in [3.63, 3.8) is 0 Å². The van der Waals surface area contributed by atoms with Crippen molar-refractivity contribution in [2.45, 2.75) is 89.3 Å². The van der Waals surface area contributed by atoms with Gasteiger partial charge >= 0.3 is 0 Å². The first-order chi connectivity index (χ1) is 14.4. The van der Waals surface area contributed by atoms with Crippen molar-refractivity contribution < 1.29 is 9.47 Å². The van der Waals surface area contributed by atoms with E-state index in [1.807, 2.05) is 0 Å². The van der Waals surface area contributed by atoms with E-state index >= 15 is 0 Å². The molecule has 0 unspecified atom stereocenters. The van der Waals surface area contributed by atoms with E-state index in [0.717, 1.165) is 30.1 Å². The van der Waals surface area contributed by atoms with Gasteiger partial charge in [-0.2, -0.15) is 0 Å². The number of allylic oxidation sites excluding steroid dienone is 2. The van der Waals surface area contributed by atoms with E-state index in [9.17, 15) is 0 Å². The van der Waals surface area contributed by atoms with E-state index in [1.165, 1.54) is 40.3 Å². The van der Waals surface area contributed by atoms with E-state index in [1.54, 1.807) is 11.8 Å². The predicted molar refractivity (Wildman–Crippen MR) is 124 cm³/mol. The van der Waals surface area contributed by atoms with Crippen LogP contribution in [0.2, 0.25) is 0 Å². The molecule has 2 aromatic rings. The van der Waals surface area contributed by atoms with Crippen molar-refractivity contribution in [2.24, 2.45) is 0 Å². The molecule has 0 saturated heterocycles. The largest absolute Gasteiger partial charge is 0.496 e. The summed E-state index contributed by atoms with van der Waals surface area (Å²) >= 11 is 1.79. The molecule has 164 valence electrons. The van der Waals surface area contributed by atoms with Crippen LogP contribution in [0.5, 0.6) is 0 Å². The maximum atomic E-state index is 6.00. The fourth-order valence-electron chi connectivity index (χ4n) is 3.81. The number of hydrogen-bond donors (Lipinski definition) is 0. The van der Waals surface area contributed by atoms with Crippen LogP contribution in [0.3, 0.4) is 0 Å². The molecule has 0 atom stereocenters. The van der Waals surface area contributed by atoms with E-state index < -0.39 is 0 Å². The molecule has 0 aliphatic heterocycles. The summed E-state index contributed by atoms with van der Waals surface area (Å²) in [5, 5.41) is 1.18. The summed E-state index contributed by atoms with van der Waals surface area (Å²) in [5.74, 6) is 2.50. The zero-order valence-corrected chi connectivity index (χ0v) is 20.0. The Morgan fingerprint density at radius 3 is 2.53 bits per heavy atom. The lowest BCUT2D eigenvalue weighted by atomic mass is 10.1. The smallest absolute Gasteiger partial charge is 0.125 e. The number of aromatic nitrogens is 2. The molecular weight excluding hydrogens is 392 g/mol. The lowest BCUT2D eigenvalue weighted by molar-refractivity contribution is 0.0318. The molecule has 0 bridgehead atoms. The molecule has 0 saturated carbocycles. The van der Waals surface area contributed by atoms with Crippen LogP contribution in [0.25, 0.3) is 0 Å². The molecule has 1 aliphatic rings. The molecule has 0 fully saturated rings. The summed E-state index contributed by atoms with van der Waals surface area (Å²) in [6.07, 6.45) is 8.27. The Bertz CT molecular complexity index is 850. The Kier molecular flexibility index (Phi) is 8.46. The van der Waals surface area contributed by atoms with Gasteiger partial charge in [-0.25, -0.2) is 4.98 Å². The Labute approximate surface area is 186 Å². The summed E-state index contributed by atoms with van der Waals surface area (Å²) in [4.78, 5) is 6.10. The molecule has 5 heteroatoms. The SMILES string of the molecule is Cc1cc(C)cc(Sc2c(C(C)C)nc(C)n2COCCOC2=CCCCCC2)c1. The van der Waals surface area contributed by atoms with Crippen LogP contribution in [-0.2, 0) is 16.2 Å². The van der Waals surface area contributed by atoms with Gasteiger partial charge in [-0.05, 0) is 75.3 Å². The third kappa shape index (κ3) is 6.39. The number of benzene rings is 1. The van der Waals surface area contributed by atoms with Gasteiger partial charge in [0.2, 0.25) is 0 Å². The van der Waals surface area contributed by atoms with Gasteiger partial charge in [0, 0.05) is 11.3 Å². The quantitative estimate of drug-likeness (QED) is 0.406. The minimum Gasteiger partial charge on any atom is -0.496 e. The molecular formula is C25H36N2O2S. The fourth-order valence-corrected chi connectivity index (χ4v) is 5.20. The molecule has 0 spiro atoms. The Hall–Kier alpha value is -1.72. The second-order valence-electron chi connectivity index (χ2n) is 8.51. The van der Waals surface area contributed by atoms with Crippen LogP contribution in [0.15, 0.2) is 40.0 Å². The van der Waals surface area contributed by atoms with Gasteiger partial charge in [0.05, 0.1) is 18.1 Å². The molecule has 0 radical (unpaired) electrons. The number of ether oxygens (including phenoxy) is 2. The Morgan fingerprint density at radius 2 is 1.80 bits per heavy atom. The summed E-state index contributed by atoms with van der Waals surface area (Å²) in [6.45, 7) is 12.5. The number of nitrogens with zero attached hydrogens (tertiary/aromatic N) is 2. The van der Waals surface area contributed by atoms with Crippen LogP contribution in [-0.4, -0.2) is 22.8 Å². The Balaban J connectivity index is 1.64. The Morgan fingerprint density at radius 1 is 1.03 bits per heavy atom. The second-order valence-corrected chi connectivity index (χ2v) is 9.58. The van der Waals surface area contributed by atoms with Gasteiger partial charge < -0.3 is 9.47 Å². The third-order valence-corrected chi connectivity index (χ3v) is 6.42. The maximum absolute atomic E-state index is 6.00. The number of imidazole rings is 1. The second kappa shape index (κ2) is 11.1. The normalized spacial score (nSPS) is 14.7. The lowest BCUT2D eigenvalue weighted by Gasteiger charge is -2.14. The highest BCUT2D eigenvalue weighted by Gasteiger charge is 2.19. The fraction of sp³-hybridized carbons (Fsp3) is 0.560. The van der Waals surface area contributed by atoms with Crippen LogP contribution in [0.1, 0.15) is 74.5 Å². The first-order valence-corrected chi connectivity index (χ1v) is 12.0. The summed E-state index contributed by atoms with van der Waals surface area (Å²) in [6, 6.07) is 6.69. The average Bonchev–Trinajstić information content (AvgIpc) is 2.84. The van der Waals surface area contributed by atoms with Gasteiger partial charge in [-0.15, -0.1) is 0 Å². The predicted octanol–water partition coefficient (Wildman–Crippen LogP) is 6.92.